The van der Waals surface area contributed by atoms with Gasteiger partial charge in [-0.15, -0.1) is 0 Å². The molecule has 3 unspecified atom stereocenters. The predicted octanol–water partition coefficient (Wildman–Crippen LogP) is 5.94. The van der Waals surface area contributed by atoms with E-state index in [4.69, 9.17) is 4.74 Å². The lowest BCUT2D eigenvalue weighted by Crippen LogP contribution is -2.25. The lowest BCUT2D eigenvalue weighted by atomic mass is 9.93. The first kappa shape index (κ1) is 22.8. The highest BCUT2D eigenvalue weighted by atomic mass is 19.1. The van der Waals surface area contributed by atoms with Crippen LogP contribution in [0.15, 0.2) is 36.5 Å². The minimum Gasteiger partial charge on any atom is -0.489 e. The van der Waals surface area contributed by atoms with E-state index in [1.165, 1.54) is 6.42 Å². The Hall–Kier alpha value is -2.43. The number of hydrogen-bond donors (Lipinski definition) is 0. The minimum absolute atomic E-state index is 0.0166. The second-order valence-electron chi connectivity index (χ2n) is 9.60. The van der Waals surface area contributed by atoms with E-state index in [9.17, 15) is 9.18 Å². The summed E-state index contributed by atoms with van der Waals surface area (Å²) in [6, 6.07) is 9.69. The SMILES string of the molecule is CCCCc1nccc(N2CC[C@@H](Oc3ccc(C(C)C(=O)CC4CC4C)cc3)C2)c1F. The number of aryl methyl sites for hydroxylation is 1. The van der Waals surface area contributed by atoms with Gasteiger partial charge in [-0.05, 0) is 54.9 Å². The Morgan fingerprint density at radius 2 is 2.03 bits per heavy atom. The molecule has 1 aromatic carbocycles. The Labute approximate surface area is 191 Å². The van der Waals surface area contributed by atoms with Crippen LogP contribution >= 0.6 is 0 Å². The van der Waals surface area contributed by atoms with Crippen molar-refractivity contribution in [1.82, 2.24) is 4.98 Å². The highest BCUT2D eigenvalue weighted by molar-refractivity contribution is 5.85. The Balaban J connectivity index is 1.32. The summed E-state index contributed by atoms with van der Waals surface area (Å²) in [4.78, 5) is 18.8. The number of hydrogen-bond acceptors (Lipinski definition) is 4. The topological polar surface area (TPSA) is 42.4 Å². The van der Waals surface area contributed by atoms with Crippen molar-refractivity contribution in [2.24, 2.45) is 11.8 Å². The number of benzene rings is 1. The van der Waals surface area contributed by atoms with Gasteiger partial charge >= 0.3 is 0 Å². The average molecular weight is 439 g/mol. The molecule has 0 amide bonds. The number of unbranched alkanes of at least 4 members (excludes halogenated alkanes) is 1. The van der Waals surface area contributed by atoms with Crippen molar-refractivity contribution in [3.63, 3.8) is 0 Å². The largest absolute Gasteiger partial charge is 0.489 e. The molecule has 0 radical (unpaired) electrons. The third-order valence-electron chi connectivity index (χ3n) is 7.10. The van der Waals surface area contributed by atoms with Crippen LogP contribution in [-0.2, 0) is 11.2 Å². The molecule has 4 atom stereocenters. The molecule has 2 aliphatic rings. The van der Waals surface area contributed by atoms with Gasteiger partial charge in [0.2, 0.25) is 0 Å². The summed E-state index contributed by atoms with van der Waals surface area (Å²) < 4.78 is 21.1. The molecule has 1 saturated heterocycles. The number of rotatable bonds is 10. The summed E-state index contributed by atoms with van der Waals surface area (Å²) >= 11 is 0. The molecule has 4 rings (SSSR count). The maximum Gasteiger partial charge on any atom is 0.167 e. The van der Waals surface area contributed by atoms with Gasteiger partial charge < -0.3 is 9.64 Å². The number of carbonyl (C=O) groups is 1. The molecular formula is C27H35FN2O2. The summed E-state index contributed by atoms with van der Waals surface area (Å²) in [6.45, 7) is 7.74. The molecule has 0 N–H and O–H groups in total. The molecule has 32 heavy (non-hydrogen) atoms. The lowest BCUT2D eigenvalue weighted by molar-refractivity contribution is -0.120. The first-order valence-electron chi connectivity index (χ1n) is 12.1. The molecule has 1 aliphatic heterocycles. The normalized spacial score (nSPS) is 23.2. The number of halogens is 1. The van der Waals surface area contributed by atoms with E-state index < -0.39 is 0 Å². The van der Waals surface area contributed by atoms with Crippen LogP contribution in [0.4, 0.5) is 10.1 Å². The number of anilines is 1. The molecular weight excluding hydrogens is 403 g/mol. The summed E-state index contributed by atoms with van der Waals surface area (Å²) in [5, 5.41) is 0. The fourth-order valence-corrected chi connectivity index (χ4v) is 4.61. The number of pyridine rings is 1. The smallest absolute Gasteiger partial charge is 0.167 e. The van der Waals surface area contributed by atoms with Crippen molar-refractivity contribution in [2.45, 2.75) is 71.3 Å². The number of aromatic nitrogens is 1. The van der Waals surface area contributed by atoms with E-state index in [1.54, 1.807) is 12.3 Å². The Kier molecular flexibility index (Phi) is 7.12. The molecule has 2 fully saturated rings. The zero-order chi connectivity index (χ0) is 22.7. The van der Waals surface area contributed by atoms with Crippen molar-refractivity contribution < 1.29 is 13.9 Å². The number of ketones is 1. The van der Waals surface area contributed by atoms with E-state index in [2.05, 4.69) is 23.7 Å². The molecule has 1 aromatic heterocycles. The van der Waals surface area contributed by atoms with Gasteiger partial charge in [0.05, 0.1) is 17.9 Å². The van der Waals surface area contributed by atoms with E-state index in [-0.39, 0.29) is 17.8 Å². The lowest BCUT2D eigenvalue weighted by Gasteiger charge is -2.20. The summed E-state index contributed by atoms with van der Waals surface area (Å²) in [5.74, 6) is 2.16. The van der Waals surface area contributed by atoms with E-state index in [0.29, 0.717) is 48.4 Å². The quantitative estimate of drug-likeness (QED) is 0.460. The third-order valence-corrected chi connectivity index (χ3v) is 7.10. The number of ether oxygens (including phenoxy) is 1. The van der Waals surface area contributed by atoms with E-state index >= 15 is 0 Å². The van der Waals surface area contributed by atoms with Crippen molar-refractivity contribution in [3.05, 3.63) is 53.6 Å². The van der Waals surface area contributed by atoms with Crippen LogP contribution in [-0.4, -0.2) is 30.0 Å². The Morgan fingerprint density at radius 3 is 2.72 bits per heavy atom. The monoisotopic (exact) mass is 438 g/mol. The maximum atomic E-state index is 14.9. The average Bonchev–Trinajstić information content (AvgIpc) is 3.29. The van der Waals surface area contributed by atoms with Gasteiger partial charge in [0, 0.05) is 31.5 Å². The molecule has 1 aliphatic carbocycles. The molecule has 0 bridgehead atoms. The number of nitrogens with zero attached hydrogens (tertiary/aromatic N) is 2. The maximum absolute atomic E-state index is 14.9. The van der Waals surface area contributed by atoms with Crippen LogP contribution in [0.5, 0.6) is 5.75 Å². The van der Waals surface area contributed by atoms with Gasteiger partial charge in [-0.25, -0.2) is 4.39 Å². The van der Waals surface area contributed by atoms with Crippen LogP contribution in [0.3, 0.4) is 0 Å². The molecule has 5 heteroatoms. The van der Waals surface area contributed by atoms with E-state index in [0.717, 1.165) is 37.1 Å². The number of carbonyl (C=O) groups excluding carboxylic acids is 1. The van der Waals surface area contributed by atoms with Gasteiger partial charge in [-0.1, -0.05) is 39.3 Å². The van der Waals surface area contributed by atoms with Gasteiger partial charge in [0.1, 0.15) is 17.6 Å². The standard InChI is InChI=1S/C27H35FN2O2/c1-4-5-6-24-27(28)25(11-13-29-24)30-14-12-23(17-30)32-22-9-7-20(8-10-22)19(3)26(31)16-21-15-18(21)2/h7-11,13,18-19,21,23H,4-6,12,14-17H2,1-3H3/t18?,19?,21?,23-/m1/s1. The Bertz CT molecular complexity index is 930. The molecule has 172 valence electrons. The molecule has 0 spiro atoms. The first-order chi connectivity index (χ1) is 15.5. The van der Waals surface area contributed by atoms with Crippen LogP contribution in [0.1, 0.15) is 70.1 Å². The van der Waals surface area contributed by atoms with Crippen molar-refractivity contribution >= 4 is 11.5 Å². The molecule has 2 heterocycles. The third kappa shape index (κ3) is 5.31. The van der Waals surface area contributed by atoms with Gasteiger partial charge in [-0.3, -0.25) is 9.78 Å². The summed E-state index contributed by atoms with van der Waals surface area (Å²) in [7, 11) is 0. The summed E-state index contributed by atoms with van der Waals surface area (Å²) in [6.07, 6.45) is 7.11. The van der Waals surface area contributed by atoms with Crippen LogP contribution in [0.25, 0.3) is 0 Å². The van der Waals surface area contributed by atoms with Crippen molar-refractivity contribution in [3.8, 4) is 5.75 Å². The fourth-order valence-electron chi connectivity index (χ4n) is 4.61. The van der Waals surface area contributed by atoms with Crippen molar-refractivity contribution in [1.29, 1.82) is 0 Å². The second kappa shape index (κ2) is 10.0. The van der Waals surface area contributed by atoms with E-state index in [1.807, 2.05) is 31.2 Å². The van der Waals surface area contributed by atoms with Gasteiger partial charge in [0.25, 0.3) is 0 Å². The Morgan fingerprint density at radius 1 is 1.28 bits per heavy atom. The first-order valence-corrected chi connectivity index (χ1v) is 12.1. The predicted molar refractivity (Wildman–Crippen MR) is 126 cm³/mol. The second-order valence-corrected chi connectivity index (χ2v) is 9.60. The number of Topliss-reactive ketones (excluding diaryl/α,β-unsaturated/α-hetero) is 1. The molecule has 4 nitrogen and oxygen atoms in total. The molecule has 2 aromatic rings. The van der Waals surface area contributed by atoms with Crippen molar-refractivity contribution in [2.75, 3.05) is 18.0 Å². The van der Waals surface area contributed by atoms with Gasteiger partial charge in [-0.2, -0.15) is 0 Å². The van der Waals surface area contributed by atoms with Crippen LogP contribution < -0.4 is 9.64 Å². The zero-order valence-corrected chi connectivity index (χ0v) is 19.5. The minimum atomic E-state index is -0.190. The highest BCUT2D eigenvalue weighted by Gasteiger charge is 2.35. The summed E-state index contributed by atoms with van der Waals surface area (Å²) in [5.41, 5.74) is 2.23. The highest BCUT2D eigenvalue weighted by Crippen LogP contribution is 2.41. The molecule has 1 saturated carbocycles. The zero-order valence-electron chi connectivity index (χ0n) is 19.5. The van der Waals surface area contributed by atoms with Gasteiger partial charge in [0.15, 0.2) is 5.82 Å². The van der Waals surface area contributed by atoms with Crippen LogP contribution in [0.2, 0.25) is 0 Å². The van der Waals surface area contributed by atoms with Crippen LogP contribution in [0, 0.1) is 17.7 Å². The fraction of sp³-hybridized carbons (Fsp3) is 0.556.